The molecular weight excluding hydrogens is 248 g/mol. The molecule has 0 N–H and O–H groups in total. The molecule has 0 saturated heterocycles. The lowest BCUT2D eigenvalue weighted by molar-refractivity contribution is -0.394. The summed E-state index contributed by atoms with van der Waals surface area (Å²) in [6.45, 7) is 3.73. The van der Waals surface area contributed by atoms with Gasteiger partial charge in [-0.15, -0.1) is 0 Å². The van der Waals surface area contributed by atoms with Crippen LogP contribution < -0.4 is 0 Å². The van der Waals surface area contributed by atoms with E-state index in [0.717, 1.165) is 11.6 Å². The van der Waals surface area contributed by atoms with Crippen LogP contribution in [-0.4, -0.2) is 9.85 Å². The molecule has 0 saturated carbocycles. The van der Waals surface area contributed by atoms with E-state index < -0.39 is 9.85 Å². The average molecular weight is 257 g/mol. The Kier molecular flexibility index (Phi) is 3.24. The van der Waals surface area contributed by atoms with Gasteiger partial charge in [0.15, 0.2) is 0 Å². The minimum absolute atomic E-state index is 0.303. The van der Waals surface area contributed by atoms with Gasteiger partial charge in [-0.2, -0.15) is 0 Å². The monoisotopic (exact) mass is 257 g/mol. The standard InChI is InChI=1S/C13H9N2O4/c1-9-2-4-10(5-3-9)11-6-12(14(16)17)8-13(7-11)15(18)19/h2-8H,1H2. The maximum atomic E-state index is 10.8. The van der Waals surface area contributed by atoms with Crippen molar-refractivity contribution in [2.24, 2.45) is 0 Å². The summed E-state index contributed by atoms with van der Waals surface area (Å²) in [5.41, 5.74) is 1.29. The number of non-ortho nitro benzene ring substituents is 2. The molecule has 0 fully saturated rings. The molecular formula is C13H9N2O4. The summed E-state index contributed by atoms with van der Waals surface area (Å²) in [6, 6.07) is 10.5. The van der Waals surface area contributed by atoms with E-state index in [4.69, 9.17) is 0 Å². The Hall–Kier alpha value is -2.76. The van der Waals surface area contributed by atoms with Crippen molar-refractivity contribution < 1.29 is 9.85 Å². The highest BCUT2D eigenvalue weighted by Crippen LogP contribution is 2.29. The summed E-state index contributed by atoms with van der Waals surface area (Å²) in [6.07, 6.45) is 0. The normalized spacial score (nSPS) is 10.2. The minimum atomic E-state index is -0.647. The molecule has 0 atom stereocenters. The van der Waals surface area contributed by atoms with Crippen molar-refractivity contribution in [2.45, 2.75) is 0 Å². The molecule has 0 amide bonds. The predicted octanol–water partition coefficient (Wildman–Crippen LogP) is 3.35. The zero-order valence-electron chi connectivity index (χ0n) is 9.78. The van der Waals surface area contributed by atoms with Crippen molar-refractivity contribution >= 4 is 11.4 Å². The van der Waals surface area contributed by atoms with Gasteiger partial charge in [-0.3, -0.25) is 20.2 Å². The lowest BCUT2D eigenvalue weighted by Gasteiger charge is -2.02. The van der Waals surface area contributed by atoms with E-state index in [9.17, 15) is 20.2 Å². The molecule has 2 aromatic carbocycles. The molecule has 1 radical (unpaired) electrons. The first-order chi connectivity index (χ1) is 8.97. The van der Waals surface area contributed by atoms with Gasteiger partial charge in [0.25, 0.3) is 11.4 Å². The Morgan fingerprint density at radius 2 is 1.26 bits per heavy atom. The van der Waals surface area contributed by atoms with Gasteiger partial charge < -0.3 is 0 Å². The molecule has 0 aliphatic carbocycles. The van der Waals surface area contributed by atoms with Gasteiger partial charge in [0, 0.05) is 12.1 Å². The number of benzene rings is 2. The van der Waals surface area contributed by atoms with Crippen LogP contribution in [0.25, 0.3) is 11.1 Å². The van der Waals surface area contributed by atoms with Crippen molar-refractivity contribution in [1.29, 1.82) is 0 Å². The third kappa shape index (κ3) is 2.74. The van der Waals surface area contributed by atoms with Crippen LogP contribution in [0.15, 0.2) is 42.5 Å². The lowest BCUT2D eigenvalue weighted by atomic mass is 10.0. The molecule has 0 aliphatic heterocycles. The molecule has 6 heteroatoms. The largest absolute Gasteiger partial charge is 0.276 e. The van der Waals surface area contributed by atoms with Crippen molar-refractivity contribution in [2.75, 3.05) is 0 Å². The van der Waals surface area contributed by atoms with Crippen LogP contribution in [0.5, 0.6) is 0 Å². The van der Waals surface area contributed by atoms with Gasteiger partial charge in [-0.25, -0.2) is 0 Å². The van der Waals surface area contributed by atoms with E-state index in [2.05, 4.69) is 6.92 Å². The van der Waals surface area contributed by atoms with Gasteiger partial charge in [0.2, 0.25) is 0 Å². The first-order valence-corrected chi connectivity index (χ1v) is 5.33. The van der Waals surface area contributed by atoms with Crippen LogP contribution in [0.2, 0.25) is 0 Å². The third-order valence-electron chi connectivity index (χ3n) is 2.61. The van der Waals surface area contributed by atoms with Crippen LogP contribution in [-0.2, 0) is 0 Å². The fraction of sp³-hybridized carbons (Fsp3) is 0. The van der Waals surface area contributed by atoms with E-state index in [1.807, 2.05) is 0 Å². The first kappa shape index (κ1) is 12.7. The Labute approximate surface area is 108 Å². The van der Waals surface area contributed by atoms with Crippen LogP contribution in [0.1, 0.15) is 5.56 Å². The molecule has 0 aliphatic rings. The Bertz CT molecular complexity index is 618. The first-order valence-electron chi connectivity index (χ1n) is 5.33. The van der Waals surface area contributed by atoms with E-state index >= 15 is 0 Å². The highest BCUT2D eigenvalue weighted by atomic mass is 16.6. The summed E-state index contributed by atoms with van der Waals surface area (Å²) in [4.78, 5) is 20.3. The highest BCUT2D eigenvalue weighted by molar-refractivity contribution is 5.69. The lowest BCUT2D eigenvalue weighted by Crippen LogP contribution is -1.93. The van der Waals surface area contributed by atoms with Gasteiger partial charge in [-0.1, -0.05) is 24.3 Å². The summed E-state index contributed by atoms with van der Waals surface area (Å²) in [7, 11) is 0. The van der Waals surface area contributed by atoms with Crippen LogP contribution in [0.3, 0.4) is 0 Å². The van der Waals surface area contributed by atoms with Gasteiger partial charge >= 0.3 is 0 Å². The van der Waals surface area contributed by atoms with Gasteiger partial charge in [0.1, 0.15) is 0 Å². The Balaban J connectivity index is 2.59. The van der Waals surface area contributed by atoms with E-state index in [-0.39, 0.29) is 11.4 Å². The minimum Gasteiger partial charge on any atom is -0.258 e. The summed E-state index contributed by atoms with van der Waals surface area (Å²) >= 11 is 0. The molecule has 0 spiro atoms. The number of rotatable bonds is 3. The number of nitrogens with zero attached hydrogens (tertiary/aromatic N) is 2. The number of nitro groups is 2. The number of nitro benzene ring substituents is 2. The Morgan fingerprint density at radius 1 is 0.789 bits per heavy atom. The van der Waals surface area contributed by atoms with Crippen molar-refractivity contribution in [3.8, 4) is 11.1 Å². The van der Waals surface area contributed by atoms with Crippen molar-refractivity contribution in [3.63, 3.8) is 0 Å². The van der Waals surface area contributed by atoms with Crippen molar-refractivity contribution in [3.05, 3.63) is 75.2 Å². The summed E-state index contributed by atoms with van der Waals surface area (Å²) in [5, 5.41) is 21.6. The molecule has 6 nitrogen and oxygen atoms in total. The zero-order chi connectivity index (χ0) is 14.0. The van der Waals surface area contributed by atoms with Gasteiger partial charge in [-0.05, 0) is 23.6 Å². The molecule has 0 heterocycles. The summed E-state index contributed by atoms with van der Waals surface area (Å²) < 4.78 is 0. The van der Waals surface area contributed by atoms with E-state index in [0.29, 0.717) is 11.1 Å². The van der Waals surface area contributed by atoms with Crippen LogP contribution in [0, 0.1) is 27.2 Å². The van der Waals surface area contributed by atoms with Crippen LogP contribution >= 0.6 is 0 Å². The molecule has 95 valence electrons. The number of hydrogen-bond acceptors (Lipinski definition) is 4. The maximum absolute atomic E-state index is 10.8. The molecule has 0 unspecified atom stereocenters. The molecule has 0 aromatic heterocycles. The zero-order valence-corrected chi connectivity index (χ0v) is 9.78. The Morgan fingerprint density at radius 3 is 1.68 bits per heavy atom. The average Bonchev–Trinajstić information content (AvgIpc) is 2.39. The molecule has 19 heavy (non-hydrogen) atoms. The van der Waals surface area contributed by atoms with Crippen LogP contribution in [0.4, 0.5) is 11.4 Å². The van der Waals surface area contributed by atoms with Crippen molar-refractivity contribution in [1.82, 2.24) is 0 Å². The molecule has 2 aromatic rings. The van der Waals surface area contributed by atoms with E-state index in [1.54, 1.807) is 24.3 Å². The SMILES string of the molecule is [CH2]c1ccc(-c2cc([N+](=O)[O-])cc([N+](=O)[O-])c2)cc1. The number of hydrogen-bond donors (Lipinski definition) is 0. The predicted molar refractivity (Wildman–Crippen MR) is 69.6 cm³/mol. The molecule has 2 rings (SSSR count). The fourth-order valence-electron chi connectivity index (χ4n) is 1.67. The topological polar surface area (TPSA) is 86.3 Å². The van der Waals surface area contributed by atoms with E-state index in [1.165, 1.54) is 12.1 Å². The fourth-order valence-corrected chi connectivity index (χ4v) is 1.67. The quantitative estimate of drug-likeness (QED) is 0.623. The highest BCUT2D eigenvalue weighted by Gasteiger charge is 2.16. The smallest absolute Gasteiger partial charge is 0.258 e. The second-order valence-corrected chi connectivity index (χ2v) is 3.95. The second-order valence-electron chi connectivity index (χ2n) is 3.95. The van der Waals surface area contributed by atoms with Gasteiger partial charge in [0.05, 0.1) is 15.9 Å². The maximum Gasteiger partial charge on any atom is 0.276 e. The second kappa shape index (κ2) is 4.85. The summed E-state index contributed by atoms with van der Waals surface area (Å²) in [5.74, 6) is 0. The third-order valence-corrected chi connectivity index (χ3v) is 2.61. The molecule has 0 bridgehead atoms.